The molecule has 0 unspecified atom stereocenters. The molecule has 3 N–H and O–H groups in total. The number of hydrogen-bond acceptors (Lipinski definition) is 3. The van der Waals surface area contributed by atoms with Crippen molar-refractivity contribution in [1.82, 2.24) is 5.32 Å². The van der Waals surface area contributed by atoms with E-state index in [0.717, 1.165) is 12.8 Å². The Labute approximate surface area is 91.6 Å². The van der Waals surface area contributed by atoms with Gasteiger partial charge >= 0.3 is 0 Å². The third kappa shape index (κ3) is 9.41. The minimum absolute atomic E-state index is 0.0104. The lowest BCUT2D eigenvalue weighted by Gasteiger charge is -2.06. The van der Waals surface area contributed by atoms with Gasteiger partial charge in [0, 0.05) is 13.0 Å². The summed E-state index contributed by atoms with van der Waals surface area (Å²) in [6.45, 7) is 2.41. The predicted molar refractivity (Wildman–Crippen MR) is 60.4 cm³/mol. The van der Waals surface area contributed by atoms with Gasteiger partial charge in [0.2, 0.25) is 5.91 Å². The van der Waals surface area contributed by atoms with Gasteiger partial charge in [0.1, 0.15) is 6.29 Å². The van der Waals surface area contributed by atoms with E-state index in [0.29, 0.717) is 12.7 Å². The van der Waals surface area contributed by atoms with Crippen molar-refractivity contribution in [2.45, 2.75) is 51.5 Å². The van der Waals surface area contributed by atoms with Gasteiger partial charge < -0.3 is 15.8 Å². The molecule has 0 rings (SSSR count). The largest absolute Gasteiger partial charge is 0.354 e. The van der Waals surface area contributed by atoms with Crippen LogP contribution in [0.3, 0.4) is 0 Å². The molecule has 0 radical (unpaired) electrons. The molecule has 1 amide bonds. The number of carbonyl (C=O) groups is 2. The summed E-state index contributed by atoms with van der Waals surface area (Å²) in [6.07, 6.45) is 6.83. The first-order valence-corrected chi connectivity index (χ1v) is 5.68. The van der Waals surface area contributed by atoms with Crippen LogP contribution in [0.1, 0.15) is 45.4 Å². The van der Waals surface area contributed by atoms with Gasteiger partial charge in [-0.1, -0.05) is 32.6 Å². The minimum Gasteiger partial charge on any atom is -0.354 e. The molecule has 4 nitrogen and oxygen atoms in total. The second-order valence-electron chi connectivity index (χ2n) is 3.77. The number of unbranched alkanes of at least 4 members (excludes halogenated alkanes) is 4. The fourth-order valence-electron chi connectivity index (χ4n) is 1.26. The van der Waals surface area contributed by atoms with Gasteiger partial charge in [-0.05, 0) is 6.42 Å². The summed E-state index contributed by atoms with van der Waals surface area (Å²) in [5.74, 6) is -0.0104. The quantitative estimate of drug-likeness (QED) is 0.444. The molecule has 88 valence electrons. The van der Waals surface area contributed by atoms with Gasteiger partial charge in [-0.3, -0.25) is 4.79 Å². The molecule has 0 aromatic rings. The smallest absolute Gasteiger partial charge is 0.220 e. The maximum Gasteiger partial charge on any atom is 0.220 e. The Morgan fingerprint density at radius 2 is 2.00 bits per heavy atom. The highest BCUT2D eigenvalue weighted by molar-refractivity contribution is 5.76. The van der Waals surface area contributed by atoms with E-state index in [4.69, 9.17) is 5.73 Å². The molecule has 4 heteroatoms. The highest BCUT2D eigenvalue weighted by atomic mass is 16.1. The van der Waals surface area contributed by atoms with Gasteiger partial charge in [-0.15, -0.1) is 0 Å². The Kier molecular flexibility index (Phi) is 9.07. The molecular formula is C11H22N2O2. The Morgan fingerprint density at radius 1 is 1.33 bits per heavy atom. The third-order valence-electron chi connectivity index (χ3n) is 2.22. The number of hydrogen-bond donors (Lipinski definition) is 2. The van der Waals surface area contributed by atoms with E-state index in [2.05, 4.69) is 12.2 Å². The van der Waals surface area contributed by atoms with E-state index in [1.165, 1.54) is 19.3 Å². The molecule has 0 aromatic heterocycles. The highest BCUT2D eigenvalue weighted by Crippen LogP contribution is 2.04. The Morgan fingerprint density at radius 3 is 2.60 bits per heavy atom. The molecule has 0 aliphatic heterocycles. The van der Waals surface area contributed by atoms with E-state index >= 15 is 0 Å². The Bertz CT molecular complexity index is 183. The van der Waals surface area contributed by atoms with Crippen molar-refractivity contribution < 1.29 is 9.59 Å². The Balaban J connectivity index is 3.29. The van der Waals surface area contributed by atoms with E-state index in [9.17, 15) is 9.59 Å². The zero-order valence-corrected chi connectivity index (χ0v) is 9.50. The zero-order chi connectivity index (χ0) is 11.5. The topological polar surface area (TPSA) is 72.2 Å². The van der Waals surface area contributed by atoms with Gasteiger partial charge in [0.25, 0.3) is 0 Å². The van der Waals surface area contributed by atoms with E-state index in [1.54, 1.807) is 0 Å². The summed E-state index contributed by atoms with van der Waals surface area (Å²) in [7, 11) is 0. The number of aldehydes is 1. The first-order valence-electron chi connectivity index (χ1n) is 5.68. The maximum atomic E-state index is 11.2. The third-order valence-corrected chi connectivity index (χ3v) is 2.22. The summed E-state index contributed by atoms with van der Waals surface area (Å²) in [5, 5.41) is 2.63. The van der Waals surface area contributed by atoms with Crippen molar-refractivity contribution in [2.24, 2.45) is 5.73 Å². The molecule has 0 saturated heterocycles. The first kappa shape index (κ1) is 14.1. The van der Waals surface area contributed by atoms with Crippen molar-refractivity contribution in [2.75, 3.05) is 6.54 Å². The van der Waals surface area contributed by atoms with Crippen LogP contribution in [-0.4, -0.2) is 24.8 Å². The van der Waals surface area contributed by atoms with Crippen molar-refractivity contribution >= 4 is 12.2 Å². The van der Waals surface area contributed by atoms with E-state index in [-0.39, 0.29) is 12.5 Å². The summed E-state index contributed by atoms with van der Waals surface area (Å²) < 4.78 is 0. The van der Waals surface area contributed by atoms with Crippen LogP contribution in [0.5, 0.6) is 0 Å². The number of rotatable bonds is 9. The molecule has 0 saturated carbocycles. The molecule has 0 aliphatic rings. The van der Waals surface area contributed by atoms with E-state index < -0.39 is 6.04 Å². The molecule has 15 heavy (non-hydrogen) atoms. The summed E-state index contributed by atoms with van der Waals surface area (Å²) in [4.78, 5) is 21.4. The summed E-state index contributed by atoms with van der Waals surface area (Å²) in [6, 6.07) is -0.575. The standard InChI is InChI=1S/C11H22N2O2/c1-2-3-4-5-6-7-11(15)13-8-10(12)9-14/h9-10H,2-8,12H2,1H3,(H,13,15)/t10-/m0/s1. The van der Waals surface area contributed by atoms with Crippen LogP contribution in [0.4, 0.5) is 0 Å². The van der Waals surface area contributed by atoms with Crippen molar-refractivity contribution in [3.63, 3.8) is 0 Å². The molecule has 0 aromatic carbocycles. The van der Waals surface area contributed by atoms with Crippen molar-refractivity contribution in [3.05, 3.63) is 0 Å². The number of carbonyl (C=O) groups excluding carboxylic acids is 2. The number of amides is 1. The number of nitrogens with two attached hydrogens (primary N) is 1. The lowest BCUT2D eigenvalue weighted by molar-refractivity contribution is -0.121. The predicted octanol–water partition coefficient (Wildman–Crippen LogP) is 0.989. The maximum absolute atomic E-state index is 11.2. The summed E-state index contributed by atoms with van der Waals surface area (Å²) in [5.41, 5.74) is 5.33. The average Bonchev–Trinajstić information content (AvgIpc) is 2.25. The van der Waals surface area contributed by atoms with Gasteiger partial charge in [-0.25, -0.2) is 0 Å². The van der Waals surface area contributed by atoms with E-state index in [1.807, 2.05) is 0 Å². The Hall–Kier alpha value is -0.900. The molecule has 0 heterocycles. The molecular weight excluding hydrogens is 192 g/mol. The monoisotopic (exact) mass is 214 g/mol. The van der Waals surface area contributed by atoms with Gasteiger partial charge in [0.15, 0.2) is 0 Å². The van der Waals surface area contributed by atoms with Crippen LogP contribution in [0.25, 0.3) is 0 Å². The average molecular weight is 214 g/mol. The lowest BCUT2D eigenvalue weighted by Crippen LogP contribution is -2.38. The lowest BCUT2D eigenvalue weighted by atomic mass is 10.1. The van der Waals surface area contributed by atoms with Gasteiger partial charge in [0.05, 0.1) is 6.04 Å². The first-order chi connectivity index (χ1) is 7.20. The SMILES string of the molecule is CCCCCCCC(=O)NC[C@H](N)C=O. The fraction of sp³-hybridized carbons (Fsp3) is 0.818. The molecule has 0 fully saturated rings. The van der Waals surface area contributed by atoms with Crippen LogP contribution in [0, 0.1) is 0 Å². The van der Waals surface area contributed by atoms with Crippen LogP contribution in [0.15, 0.2) is 0 Å². The second-order valence-corrected chi connectivity index (χ2v) is 3.77. The van der Waals surface area contributed by atoms with Crippen molar-refractivity contribution in [1.29, 1.82) is 0 Å². The minimum atomic E-state index is -0.575. The molecule has 0 aliphatic carbocycles. The number of nitrogens with one attached hydrogen (secondary N) is 1. The molecule has 0 spiro atoms. The zero-order valence-electron chi connectivity index (χ0n) is 9.50. The van der Waals surface area contributed by atoms with Crippen LogP contribution >= 0.6 is 0 Å². The van der Waals surface area contributed by atoms with Crippen LogP contribution in [0.2, 0.25) is 0 Å². The van der Waals surface area contributed by atoms with Crippen LogP contribution in [-0.2, 0) is 9.59 Å². The van der Waals surface area contributed by atoms with Crippen molar-refractivity contribution in [3.8, 4) is 0 Å². The summed E-state index contributed by atoms with van der Waals surface area (Å²) >= 11 is 0. The normalized spacial score (nSPS) is 12.1. The molecule has 0 bridgehead atoms. The fourth-order valence-corrected chi connectivity index (χ4v) is 1.26. The second kappa shape index (κ2) is 9.65. The van der Waals surface area contributed by atoms with Crippen LogP contribution < -0.4 is 11.1 Å². The van der Waals surface area contributed by atoms with Gasteiger partial charge in [-0.2, -0.15) is 0 Å². The molecule has 1 atom stereocenters. The highest BCUT2D eigenvalue weighted by Gasteiger charge is 2.03.